The van der Waals surface area contributed by atoms with E-state index in [1.165, 1.54) is 0 Å². The highest BCUT2D eigenvalue weighted by molar-refractivity contribution is 6.30. The standard InChI is InChI=1S/C21H25ClN2O2/c1-24(19-5-3-2-4-6-19)14-13-23-20(25)21(11-15-26-16-12-21)17-7-9-18(22)10-8-17/h2-10H,11-16H2,1H3,(H,23,25). The Labute approximate surface area is 160 Å². The van der Waals surface area contributed by atoms with E-state index < -0.39 is 5.41 Å². The van der Waals surface area contributed by atoms with E-state index in [2.05, 4.69) is 22.3 Å². The van der Waals surface area contributed by atoms with E-state index >= 15 is 0 Å². The van der Waals surface area contributed by atoms with E-state index in [0.717, 1.165) is 17.8 Å². The largest absolute Gasteiger partial charge is 0.381 e. The van der Waals surface area contributed by atoms with Gasteiger partial charge in [-0.05, 0) is 42.7 Å². The molecule has 0 radical (unpaired) electrons. The van der Waals surface area contributed by atoms with Gasteiger partial charge in [-0.2, -0.15) is 0 Å². The van der Waals surface area contributed by atoms with Crippen LogP contribution in [-0.4, -0.2) is 39.3 Å². The van der Waals surface area contributed by atoms with Gasteiger partial charge in [-0.1, -0.05) is 41.9 Å². The first-order chi connectivity index (χ1) is 12.6. The minimum absolute atomic E-state index is 0.0737. The number of carbonyl (C=O) groups excluding carboxylic acids is 1. The van der Waals surface area contributed by atoms with Crippen LogP contribution in [0.15, 0.2) is 54.6 Å². The third-order valence-electron chi connectivity index (χ3n) is 5.11. The van der Waals surface area contributed by atoms with Crippen molar-refractivity contribution in [3.8, 4) is 0 Å². The van der Waals surface area contributed by atoms with E-state index in [9.17, 15) is 4.79 Å². The van der Waals surface area contributed by atoms with Crippen molar-refractivity contribution in [2.75, 3.05) is 38.3 Å². The number of hydrogen-bond donors (Lipinski definition) is 1. The number of hydrogen-bond acceptors (Lipinski definition) is 3. The highest BCUT2D eigenvalue weighted by Gasteiger charge is 2.41. The molecule has 0 bridgehead atoms. The van der Waals surface area contributed by atoms with Crippen molar-refractivity contribution in [3.63, 3.8) is 0 Å². The van der Waals surface area contributed by atoms with Crippen molar-refractivity contribution in [3.05, 3.63) is 65.2 Å². The first kappa shape index (κ1) is 18.7. The molecule has 1 N–H and O–H groups in total. The van der Waals surface area contributed by atoms with Crippen molar-refractivity contribution in [1.82, 2.24) is 5.32 Å². The molecule has 1 heterocycles. The molecule has 5 heteroatoms. The summed E-state index contributed by atoms with van der Waals surface area (Å²) >= 11 is 6.02. The lowest BCUT2D eigenvalue weighted by atomic mass is 9.73. The SMILES string of the molecule is CN(CCNC(=O)C1(c2ccc(Cl)cc2)CCOCC1)c1ccccc1. The van der Waals surface area contributed by atoms with Gasteiger partial charge in [0.1, 0.15) is 0 Å². The van der Waals surface area contributed by atoms with Crippen molar-refractivity contribution < 1.29 is 9.53 Å². The van der Waals surface area contributed by atoms with E-state index in [1.54, 1.807) is 0 Å². The predicted molar refractivity (Wildman–Crippen MR) is 106 cm³/mol. The zero-order chi connectivity index (χ0) is 18.4. The fraction of sp³-hybridized carbons (Fsp3) is 0.381. The highest BCUT2D eigenvalue weighted by atomic mass is 35.5. The molecule has 1 saturated heterocycles. The second-order valence-electron chi connectivity index (χ2n) is 6.71. The second kappa shape index (κ2) is 8.56. The number of rotatable bonds is 6. The fourth-order valence-electron chi connectivity index (χ4n) is 3.45. The number of carbonyl (C=O) groups is 1. The van der Waals surface area contributed by atoms with Crippen LogP contribution >= 0.6 is 11.6 Å². The Morgan fingerprint density at radius 1 is 1.12 bits per heavy atom. The molecule has 138 valence electrons. The topological polar surface area (TPSA) is 41.6 Å². The summed E-state index contributed by atoms with van der Waals surface area (Å²) in [5.41, 5.74) is 1.62. The summed E-state index contributed by atoms with van der Waals surface area (Å²) in [4.78, 5) is 15.2. The molecule has 0 saturated carbocycles. The number of ether oxygens (including phenoxy) is 1. The Hall–Kier alpha value is -2.04. The maximum absolute atomic E-state index is 13.1. The molecule has 0 aliphatic carbocycles. The van der Waals surface area contributed by atoms with Gasteiger partial charge in [0.15, 0.2) is 0 Å². The Balaban J connectivity index is 1.65. The number of halogens is 1. The van der Waals surface area contributed by atoms with Gasteiger partial charge in [0.25, 0.3) is 0 Å². The number of likely N-dealkylation sites (N-methyl/N-ethyl adjacent to an activating group) is 1. The number of amides is 1. The lowest BCUT2D eigenvalue weighted by molar-refractivity contribution is -0.130. The second-order valence-corrected chi connectivity index (χ2v) is 7.15. The minimum Gasteiger partial charge on any atom is -0.381 e. The predicted octanol–water partition coefficient (Wildman–Crippen LogP) is 3.64. The zero-order valence-corrected chi connectivity index (χ0v) is 15.8. The summed E-state index contributed by atoms with van der Waals surface area (Å²) in [6, 6.07) is 17.8. The number of nitrogens with zero attached hydrogens (tertiary/aromatic N) is 1. The van der Waals surface area contributed by atoms with Crippen molar-refractivity contribution in [2.45, 2.75) is 18.3 Å². The number of nitrogens with one attached hydrogen (secondary N) is 1. The lowest BCUT2D eigenvalue weighted by Gasteiger charge is -2.36. The molecule has 4 nitrogen and oxygen atoms in total. The van der Waals surface area contributed by atoms with Crippen LogP contribution in [0.1, 0.15) is 18.4 Å². The maximum atomic E-state index is 13.1. The van der Waals surface area contributed by atoms with E-state index in [1.807, 2.05) is 49.5 Å². The molecule has 2 aromatic rings. The highest BCUT2D eigenvalue weighted by Crippen LogP contribution is 2.35. The van der Waals surface area contributed by atoms with Crippen LogP contribution < -0.4 is 10.2 Å². The Bertz CT molecular complexity index is 713. The molecule has 3 rings (SSSR count). The van der Waals surface area contributed by atoms with Crippen molar-refractivity contribution in [2.24, 2.45) is 0 Å². The molecule has 0 aromatic heterocycles. The van der Waals surface area contributed by atoms with Gasteiger partial charge in [-0.15, -0.1) is 0 Å². The third-order valence-corrected chi connectivity index (χ3v) is 5.36. The van der Waals surface area contributed by atoms with Gasteiger partial charge in [0.05, 0.1) is 5.41 Å². The zero-order valence-electron chi connectivity index (χ0n) is 15.1. The molecule has 0 unspecified atom stereocenters. The summed E-state index contributed by atoms with van der Waals surface area (Å²) < 4.78 is 5.51. The molecule has 0 atom stereocenters. The lowest BCUT2D eigenvalue weighted by Crippen LogP contribution is -2.49. The number of para-hydroxylation sites is 1. The quantitative estimate of drug-likeness (QED) is 0.841. The summed E-state index contributed by atoms with van der Waals surface area (Å²) in [6.07, 6.45) is 1.38. The Morgan fingerprint density at radius 3 is 2.42 bits per heavy atom. The summed E-state index contributed by atoms with van der Waals surface area (Å²) in [5.74, 6) is 0.0737. The molecular formula is C21H25ClN2O2. The molecule has 1 aliphatic rings. The molecule has 1 aliphatic heterocycles. The van der Waals surface area contributed by atoms with Crippen LogP contribution in [0.3, 0.4) is 0 Å². The molecule has 0 spiro atoms. The van der Waals surface area contributed by atoms with Crippen LogP contribution in [0, 0.1) is 0 Å². The van der Waals surface area contributed by atoms with Gasteiger partial charge in [0, 0.05) is 44.1 Å². The number of anilines is 1. The van der Waals surface area contributed by atoms with E-state index in [4.69, 9.17) is 16.3 Å². The first-order valence-electron chi connectivity index (χ1n) is 9.00. The van der Waals surface area contributed by atoms with Gasteiger partial charge in [-0.3, -0.25) is 4.79 Å². The van der Waals surface area contributed by atoms with Crippen molar-refractivity contribution >= 4 is 23.2 Å². The molecular weight excluding hydrogens is 348 g/mol. The Morgan fingerprint density at radius 2 is 1.77 bits per heavy atom. The monoisotopic (exact) mass is 372 g/mol. The minimum atomic E-state index is -0.534. The van der Waals surface area contributed by atoms with Crippen LogP contribution in [0.2, 0.25) is 5.02 Å². The molecule has 1 amide bonds. The van der Waals surface area contributed by atoms with E-state index in [-0.39, 0.29) is 5.91 Å². The van der Waals surface area contributed by atoms with Crippen LogP contribution in [0.25, 0.3) is 0 Å². The maximum Gasteiger partial charge on any atom is 0.230 e. The summed E-state index contributed by atoms with van der Waals surface area (Å²) in [5, 5.41) is 3.82. The number of benzene rings is 2. The molecule has 2 aromatic carbocycles. The average Bonchev–Trinajstić information content (AvgIpc) is 2.69. The van der Waals surface area contributed by atoms with Crippen LogP contribution in [0.5, 0.6) is 0 Å². The van der Waals surface area contributed by atoms with E-state index in [0.29, 0.717) is 37.6 Å². The van der Waals surface area contributed by atoms with Gasteiger partial charge in [0.2, 0.25) is 5.91 Å². The smallest absolute Gasteiger partial charge is 0.230 e. The van der Waals surface area contributed by atoms with Crippen LogP contribution in [-0.2, 0) is 14.9 Å². The normalized spacial score (nSPS) is 16.1. The third kappa shape index (κ3) is 4.19. The van der Waals surface area contributed by atoms with Gasteiger partial charge in [-0.25, -0.2) is 0 Å². The molecule has 26 heavy (non-hydrogen) atoms. The van der Waals surface area contributed by atoms with Gasteiger partial charge < -0.3 is 15.0 Å². The molecule has 1 fully saturated rings. The summed E-state index contributed by atoms with van der Waals surface area (Å²) in [7, 11) is 2.03. The Kier molecular flexibility index (Phi) is 6.17. The fourth-order valence-corrected chi connectivity index (χ4v) is 3.58. The first-order valence-corrected chi connectivity index (χ1v) is 9.38. The van der Waals surface area contributed by atoms with Gasteiger partial charge >= 0.3 is 0 Å². The summed E-state index contributed by atoms with van der Waals surface area (Å²) in [6.45, 7) is 2.54. The van der Waals surface area contributed by atoms with Crippen LogP contribution in [0.4, 0.5) is 5.69 Å². The van der Waals surface area contributed by atoms with Crippen molar-refractivity contribution in [1.29, 1.82) is 0 Å². The average molecular weight is 373 g/mol.